The number of hydrogen-bond donors (Lipinski definition) is 1. The Morgan fingerprint density at radius 3 is 1.86 bits per heavy atom. The van der Waals surface area contributed by atoms with E-state index in [1.165, 1.54) is 0 Å². The first-order chi connectivity index (χ1) is 6.07. The smallest absolute Gasteiger partial charge is 0.225 e. The number of amides is 1. The van der Waals surface area contributed by atoms with Gasteiger partial charge in [0.05, 0.1) is 0 Å². The minimum Gasteiger partial charge on any atom is -0.355 e. The van der Waals surface area contributed by atoms with E-state index in [-0.39, 0.29) is 16.7 Å². The SMILES string of the molecule is CC(C)C(C)(C)CNC(=O)C(C)(C)C. The molecule has 0 bridgehead atoms. The first kappa shape index (κ1) is 13.5. The van der Waals surface area contributed by atoms with E-state index in [1.54, 1.807) is 0 Å². The van der Waals surface area contributed by atoms with Crippen LogP contribution in [0, 0.1) is 16.7 Å². The Labute approximate surface area is 88.5 Å². The van der Waals surface area contributed by atoms with Gasteiger partial charge in [0.2, 0.25) is 5.91 Å². The molecule has 0 radical (unpaired) electrons. The molecule has 0 spiro atoms. The van der Waals surface area contributed by atoms with Gasteiger partial charge in [0.25, 0.3) is 0 Å². The highest BCUT2D eigenvalue weighted by atomic mass is 16.2. The Hall–Kier alpha value is -0.530. The third-order valence-electron chi connectivity index (χ3n) is 2.95. The summed E-state index contributed by atoms with van der Waals surface area (Å²) in [7, 11) is 0. The lowest BCUT2D eigenvalue weighted by Gasteiger charge is -2.31. The molecular formula is C12H25NO. The van der Waals surface area contributed by atoms with Crippen molar-refractivity contribution in [2.45, 2.75) is 48.5 Å². The predicted octanol–water partition coefficient (Wildman–Crippen LogP) is 2.83. The molecule has 1 N–H and O–H groups in total. The average Bonchev–Trinajstić information content (AvgIpc) is 1.98. The molecule has 0 atom stereocenters. The summed E-state index contributed by atoms with van der Waals surface area (Å²) in [6, 6.07) is 0. The van der Waals surface area contributed by atoms with Gasteiger partial charge >= 0.3 is 0 Å². The number of rotatable bonds is 3. The lowest BCUT2D eigenvalue weighted by atomic mass is 9.81. The third-order valence-corrected chi connectivity index (χ3v) is 2.95. The van der Waals surface area contributed by atoms with Gasteiger partial charge in [-0.25, -0.2) is 0 Å². The van der Waals surface area contributed by atoms with Crippen molar-refractivity contribution in [2.75, 3.05) is 6.54 Å². The lowest BCUT2D eigenvalue weighted by Crippen LogP contribution is -2.42. The number of carbonyl (C=O) groups is 1. The maximum Gasteiger partial charge on any atom is 0.225 e. The molecule has 2 heteroatoms. The summed E-state index contributed by atoms with van der Waals surface area (Å²) in [4.78, 5) is 11.6. The van der Waals surface area contributed by atoms with Crippen molar-refractivity contribution in [3.8, 4) is 0 Å². The normalized spacial score (nSPS) is 13.1. The summed E-state index contributed by atoms with van der Waals surface area (Å²) in [5, 5.41) is 3.01. The summed E-state index contributed by atoms with van der Waals surface area (Å²) >= 11 is 0. The van der Waals surface area contributed by atoms with Crippen molar-refractivity contribution in [3.63, 3.8) is 0 Å². The van der Waals surface area contributed by atoms with Gasteiger partial charge in [-0.3, -0.25) is 4.79 Å². The molecule has 0 aromatic carbocycles. The quantitative estimate of drug-likeness (QED) is 0.744. The minimum absolute atomic E-state index is 0.131. The molecule has 0 fully saturated rings. The largest absolute Gasteiger partial charge is 0.355 e. The highest BCUT2D eigenvalue weighted by molar-refractivity contribution is 5.81. The second-order valence-electron chi connectivity index (χ2n) is 6.08. The second kappa shape index (κ2) is 4.33. The van der Waals surface area contributed by atoms with Crippen LogP contribution in [0.15, 0.2) is 0 Å². The number of hydrogen-bond acceptors (Lipinski definition) is 1. The zero-order valence-corrected chi connectivity index (χ0v) is 10.7. The molecule has 0 heterocycles. The molecule has 0 aliphatic heterocycles. The van der Waals surface area contributed by atoms with Crippen molar-refractivity contribution >= 4 is 5.91 Å². The summed E-state index contributed by atoms with van der Waals surface area (Å²) in [6.45, 7) is 15.3. The second-order valence-corrected chi connectivity index (χ2v) is 6.08. The Kier molecular flexibility index (Phi) is 4.16. The van der Waals surface area contributed by atoms with Crippen LogP contribution in [0.1, 0.15) is 48.5 Å². The van der Waals surface area contributed by atoms with Crippen molar-refractivity contribution < 1.29 is 4.79 Å². The first-order valence-electron chi connectivity index (χ1n) is 5.35. The van der Waals surface area contributed by atoms with E-state index in [1.807, 2.05) is 20.8 Å². The van der Waals surface area contributed by atoms with Crippen molar-refractivity contribution in [1.29, 1.82) is 0 Å². The van der Waals surface area contributed by atoms with Crippen LogP contribution in [0.25, 0.3) is 0 Å². The molecule has 0 saturated carbocycles. The van der Waals surface area contributed by atoms with E-state index in [4.69, 9.17) is 0 Å². The van der Waals surface area contributed by atoms with E-state index in [0.717, 1.165) is 6.54 Å². The number of nitrogens with one attached hydrogen (secondary N) is 1. The Balaban J connectivity index is 4.14. The van der Waals surface area contributed by atoms with Gasteiger partial charge in [-0.1, -0.05) is 48.5 Å². The Morgan fingerprint density at radius 2 is 1.57 bits per heavy atom. The van der Waals surface area contributed by atoms with Crippen LogP contribution in [0.5, 0.6) is 0 Å². The topological polar surface area (TPSA) is 29.1 Å². The summed E-state index contributed by atoms with van der Waals surface area (Å²) in [5.74, 6) is 0.703. The summed E-state index contributed by atoms with van der Waals surface area (Å²) in [5.41, 5.74) is -0.117. The van der Waals surface area contributed by atoms with Gasteiger partial charge in [-0.2, -0.15) is 0 Å². The highest BCUT2D eigenvalue weighted by Gasteiger charge is 2.26. The number of carbonyl (C=O) groups excluding carboxylic acids is 1. The van der Waals surface area contributed by atoms with Crippen molar-refractivity contribution in [3.05, 3.63) is 0 Å². The van der Waals surface area contributed by atoms with Gasteiger partial charge in [0.1, 0.15) is 0 Å². The zero-order valence-electron chi connectivity index (χ0n) is 10.7. The van der Waals surface area contributed by atoms with Gasteiger partial charge in [0.15, 0.2) is 0 Å². The van der Waals surface area contributed by atoms with Crippen LogP contribution >= 0.6 is 0 Å². The summed E-state index contributed by atoms with van der Waals surface area (Å²) < 4.78 is 0. The maximum absolute atomic E-state index is 11.6. The minimum atomic E-state index is -0.285. The van der Waals surface area contributed by atoms with E-state index < -0.39 is 0 Å². The van der Waals surface area contributed by atoms with Gasteiger partial charge in [-0.05, 0) is 11.3 Å². The van der Waals surface area contributed by atoms with Crippen LogP contribution in [0.2, 0.25) is 0 Å². The zero-order chi connectivity index (χ0) is 11.6. The highest BCUT2D eigenvalue weighted by Crippen LogP contribution is 2.25. The monoisotopic (exact) mass is 199 g/mol. The van der Waals surface area contributed by atoms with Gasteiger partial charge in [-0.15, -0.1) is 0 Å². The molecule has 0 aliphatic carbocycles. The average molecular weight is 199 g/mol. The molecule has 0 saturated heterocycles. The molecule has 2 nitrogen and oxygen atoms in total. The van der Waals surface area contributed by atoms with Crippen LogP contribution in [0.4, 0.5) is 0 Å². The standard InChI is InChI=1S/C12H25NO/c1-9(2)12(6,7)8-13-10(14)11(3,4)5/h9H,8H2,1-7H3,(H,13,14). The van der Waals surface area contributed by atoms with Crippen LogP contribution < -0.4 is 5.32 Å². The van der Waals surface area contributed by atoms with Crippen molar-refractivity contribution in [2.24, 2.45) is 16.7 Å². The van der Waals surface area contributed by atoms with Crippen LogP contribution in [0.3, 0.4) is 0 Å². The van der Waals surface area contributed by atoms with Gasteiger partial charge < -0.3 is 5.32 Å². The molecule has 0 aliphatic rings. The van der Waals surface area contributed by atoms with E-state index in [2.05, 4.69) is 33.0 Å². The molecule has 84 valence electrons. The molecule has 14 heavy (non-hydrogen) atoms. The predicted molar refractivity (Wildman–Crippen MR) is 61.1 cm³/mol. The van der Waals surface area contributed by atoms with Crippen LogP contribution in [-0.4, -0.2) is 12.5 Å². The molecule has 0 unspecified atom stereocenters. The lowest BCUT2D eigenvalue weighted by molar-refractivity contribution is -0.129. The fourth-order valence-corrected chi connectivity index (χ4v) is 0.777. The first-order valence-corrected chi connectivity index (χ1v) is 5.35. The van der Waals surface area contributed by atoms with E-state index in [0.29, 0.717) is 5.92 Å². The summed E-state index contributed by atoms with van der Waals surface area (Å²) in [6.07, 6.45) is 0. The van der Waals surface area contributed by atoms with Crippen LogP contribution in [-0.2, 0) is 4.79 Å². The molecule has 0 aromatic heterocycles. The Morgan fingerprint density at radius 1 is 1.14 bits per heavy atom. The third kappa shape index (κ3) is 4.12. The van der Waals surface area contributed by atoms with E-state index in [9.17, 15) is 4.79 Å². The van der Waals surface area contributed by atoms with Crippen molar-refractivity contribution in [1.82, 2.24) is 5.32 Å². The molecule has 1 amide bonds. The molecule has 0 rings (SSSR count). The maximum atomic E-state index is 11.6. The molecule has 0 aromatic rings. The van der Waals surface area contributed by atoms with Gasteiger partial charge in [0, 0.05) is 12.0 Å². The van der Waals surface area contributed by atoms with E-state index >= 15 is 0 Å². The Bertz CT molecular complexity index is 199. The fourth-order valence-electron chi connectivity index (χ4n) is 0.777. The molecular weight excluding hydrogens is 174 g/mol. The fraction of sp³-hybridized carbons (Fsp3) is 0.917.